The Morgan fingerprint density at radius 3 is 2.86 bits per heavy atom. The zero-order chi connectivity index (χ0) is 16.1. The fourth-order valence-electron chi connectivity index (χ4n) is 2.29. The van der Waals surface area contributed by atoms with E-state index in [4.69, 9.17) is 0 Å². The molecule has 2 aromatic rings. The van der Waals surface area contributed by atoms with Gasteiger partial charge < -0.3 is 14.8 Å². The summed E-state index contributed by atoms with van der Waals surface area (Å²) in [4.78, 5) is 10.8. The van der Waals surface area contributed by atoms with E-state index in [0.717, 1.165) is 22.7 Å². The molecule has 0 spiro atoms. The van der Waals surface area contributed by atoms with Gasteiger partial charge in [-0.3, -0.25) is 9.98 Å². The standard InChI is InChI=1S/C16H22BrN5/c1-12-6-5-7-19-15(12)9-20-16(18-2)22(4)11-14-8-13(17)10-21(14)3/h5-8,10H,9,11H2,1-4H3,(H,18,20). The average molecular weight is 364 g/mol. The van der Waals surface area contributed by atoms with Gasteiger partial charge in [-0.2, -0.15) is 0 Å². The van der Waals surface area contributed by atoms with E-state index in [1.807, 2.05) is 26.4 Å². The van der Waals surface area contributed by atoms with Crippen LogP contribution >= 0.6 is 15.9 Å². The lowest BCUT2D eigenvalue weighted by Crippen LogP contribution is -2.38. The average Bonchev–Trinajstić information content (AvgIpc) is 2.79. The molecule has 0 radical (unpaired) electrons. The third-order valence-electron chi connectivity index (χ3n) is 3.58. The van der Waals surface area contributed by atoms with E-state index < -0.39 is 0 Å². The maximum Gasteiger partial charge on any atom is 0.194 e. The summed E-state index contributed by atoms with van der Waals surface area (Å²) in [6.45, 7) is 3.52. The monoisotopic (exact) mass is 363 g/mol. The van der Waals surface area contributed by atoms with Gasteiger partial charge in [-0.15, -0.1) is 0 Å². The summed E-state index contributed by atoms with van der Waals surface area (Å²) in [7, 11) is 5.87. The van der Waals surface area contributed by atoms with Crippen molar-refractivity contribution in [3.63, 3.8) is 0 Å². The number of rotatable bonds is 4. The van der Waals surface area contributed by atoms with Crippen LogP contribution in [0.25, 0.3) is 0 Å². The lowest BCUT2D eigenvalue weighted by molar-refractivity contribution is 0.461. The van der Waals surface area contributed by atoms with Crippen LogP contribution in [0.5, 0.6) is 0 Å². The van der Waals surface area contributed by atoms with Gasteiger partial charge in [0.1, 0.15) is 0 Å². The molecule has 2 rings (SSSR count). The Morgan fingerprint density at radius 1 is 1.50 bits per heavy atom. The fourth-order valence-corrected chi connectivity index (χ4v) is 2.86. The smallest absolute Gasteiger partial charge is 0.194 e. The highest BCUT2D eigenvalue weighted by Gasteiger charge is 2.10. The van der Waals surface area contributed by atoms with Crippen LogP contribution in [0.2, 0.25) is 0 Å². The van der Waals surface area contributed by atoms with Crippen LogP contribution in [0, 0.1) is 6.92 Å². The van der Waals surface area contributed by atoms with Crippen molar-refractivity contribution in [1.82, 2.24) is 19.8 Å². The summed E-state index contributed by atoms with van der Waals surface area (Å²) in [5.41, 5.74) is 3.43. The molecule has 0 fully saturated rings. The largest absolute Gasteiger partial charge is 0.352 e. The normalized spacial score (nSPS) is 11.6. The third kappa shape index (κ3) is 4.10. The predicted molar refractivity (Wildman–Crippen MR) is 93.8 cm³/mol. The molecule has 2 heterocycles. The van der Waals surface area contributed by atoms with Crippen molar-refractivity contribution in [3.05, 3.63) is 52.0 Å². The van der Waals surface area contributed by atoms with Crippen molar-refractivity contribution in [1.29, 1.82) is 0 Å². The van der Waals surface area contributed by atoms with Crippen molar-refractivity contribution in [2.75, 3.05) is 14.1 Å². The Hall–Kier alpha value is -1.82. The second kappa shape index (κ2) is 7.45. The SMILES string of the molecule is CN=C(NCc1ncccc1C)N(C)Cc1cc(Br)cn1C. The summed E-state index contributed by atoms with van der Waals surface area (Å²) < 4.78 is 3.20. The molecule has 0 bridgehead atoms. The van der Waals surface area contributed by atoms with Gasteiger partial charge in [-0.1, -0.05) is 6.07 Å². The Labute approximate surface area is 140 Å². The molecule has 0 unspecified atom stereocenters. The van der Waals surface area contributed by atoms with Gasteiger partial charge in [0.25, 0.3) is 0 Å². The first-order chi connectivity index (χ1) is 10.5. The molecule has 0 aliphatic carbocycles. The van der Waals surface area contributed by atoms with Crippen molar-refractivity contribution < 1.29 is 0 Å². The molecule has 118 valence electrons. The number of aryl methyl sites for hydroxylation is 2. The highest BCUT2D eigenvalue weighted by molar-refractivity contribution is 9.10. The first kappa shape index (κ1) is 16.5. The molecule has 0 aromatic carbocycles. The molecule has 0 saturated heterocycles. The first-order valence-corrected chi connectivity index (χ1v) is 7.93. The summed E-state index contributed by atoms with van der Waals surface area (Å²) in [6, 6.07) is 6.14. The third-order valence-corrected chi connectivity index (χ3v) is 4.01. The lowest BCUT2D eigenvalue weighted by atomic mass is 10.2. The van der Waals surface area contributed by atoms with Crippen LogP contribution in [0.4, 0.5) is 0 Å². The van der Waals surface area contributed by atoms with Crippen molar-refractivity contribution >= 4 is 21.9 Å². The number of aliphatic imine (C=N–C) groups is 1. The summed E-state index contributed by atoms with van der Waals surface area (Å²) in [5, 5.41) is 3.37. The maximum absolute atomic E-state index is 4.40. The molecule has 22 heavy (non-hydrogen) atoms. The number of nitrogens with one attached hydrogen (secondary N) is 1. The molecule has 0 amide bonds. The number of halogens is 1. The second-order valence-corrected chi connectivity index (χ2v) is 6.20. The highest BCUT2D eigenvalue weighted by atomic mass is 79.9. The Kier molecular flexibility index (Phi) is 5.60. The number of nitrogens with zero attached hydrogens (tertiary/aromatic N) is 4. The topological polar surface area (TPSA) is 45.5 Å². The van der Waals surface area contributed by atoms with E-state index >= 15 is 0 Å². The zero-order valence-electron chi connectivity index (χ0n) is 13.5. The molecule has 0 saturated carbocycles. The summed E-state index contributed by atoms with van der Waals surface area (Å²) in [6.07, 6.45) is 3.87. The molecule has 6 heteroatoms. The highest BCUT2D eigenvalue weighted by Crippen LogP contribution is 2.15. The molecular formula is C16H22BrN5. The van der Waals surface area contributed by atoms with Crippen molar-refractivity contribution in [2.24, 2.45) is 12.0 Å². The van der Waals surface area contributed by atoms with Crippen LogP contribution in [0.1, 0.15) is 17.0 Å². The van der Waals surface area contributed by atoms with Crippen LogP contribution in [0.3, 0.4) is 0 Å². The maximum atomic E-state index is 4.40. The molecular weight excluding hydrogens is 342 g/mol. The quantitative estimate of drug-likeness (QED) is 0.670. The Morgan fingerprint density at radius 2 is 2.27 bits per heavy atom. The number of hydrogen-bond acceptors (Lipinski definition) is 2. The number of pyridine rings is 1. The number of hydrogen-bond donors (Lipinski definition) is 1. The summed E-state index contributed by atoms with van der Waals surface area (Å²) in [5.74, 6) is 0.849. The van der Waals surface area contributed by atoms with E-state index in [0.29, 0.717) is 6.54 Å². The first-order valence-electron chi connectivity index (χ1n) is 7.14. The van der Waals surface area contributed by atoms with Gasteiger partial charge in [0.2, 0.25) is 0 Å². The van der Waals surface area contributed by atoms with Gasteiger partial charge in [0, 0.05) is 43.7 Å². The van der Waals surface area contributed by atoms with Gasteiger partial charge >= 0.3 is 0 Å². The molecule has 5 nitrogen and oxygen atoms in total. The number of aromatic nitrogens is 2. The Bertz CT molecular complexity index is 662. The van der Waals surface area contributed by atoms with Crippen LogP contribution in [-0.4, -0.2) is 34.5 Å². The van der Waals surface area contributed by atoms with E-state index in [2.05, 4.69) is 65.9 Å². The minimum absolute atomic E-state index is 0.667. The van der Waals surface area contributed by atoms with E-state index in [9.17, 15) is 0 Å². The summed E-state index contributed by atoms with van der Waals surface area (Å²) >= 11 is 3.50. The van der Waals surface area contributed by atoms with Crippen molar-refractivity contribution in [2.45, 2.75) is 20.0 Å². The van der Waals surface area contributed by atoms with Crippen molar-refractivity contribution in [3.8, 4) is 0 Å². The van der Waals surface area contributed by atoms with Gasteiger partial charge in [0.05, 0.1) is 18.8 Å². The van der Waals surface area contributed by atoms with Crippen LogP contribution in [-0.2, 0) is 20.1 Å². The Balaban J connectivity index is 1.99. The molecule has 0 aliphatic heterocycles. The van der Waals surface area contributed by atoms with E-state index in [1.54, 1.807) is 7.05 Å². The van der Waals surface area contributed by atoms with Crippen LogP contribution < -0.4 is 5.32 Å². The zero-order valence-corrected chi connectivity index (χ0v) is 15.1. The predicted octanol–water partition coefficient (Wildman–Crippen LogP) is 2.70. The second-order valence-electron chi connectivity index (χ2n) is 5.28. The molecule has 1 N–H and O–H groups in total. The van der Waals surface area contributed by atoms with Gasteiger partial charge in [-0.05, 0) is 40.5 Å². The lowest BCUT2D eigenvalue weighted by Gasteiger charge is -2.22. The molecule has 0 aliphatic rings. The minimum Gasteiger partial charge on any atom is -0.352 e. The minimum atomic E-state index is 0.667. The molecule has 0 atom stereocenters. The van der Waals surface area contributed by atoms with Gasteiger partial charge in [-0.25, -0.2) is 0 Å². The number of guanidine groups is 1. The van der Waals surface area contributed by atoms with Gasteiger partial charge in [0.15, 0.2) is 5.96 Å². The molecule has 2 aromatic heterocycles. The van der Waals surface area contributed by atoms with E-state index in [1.165, 1.54) is 11.3 Å². The fraction of sp³-hybridized carbons (Fsp3) is 0.375. The van der Waals surface area contributed by atoms with E-state index in [-0.39, 0.29) is 0 Å². The van der Waals surface area contributed by atoms with Crippen LogP contribution in [0.15, 0.2) is 40.1 Å².